The first-order valence-corrected chi connectivity index (χ1v) is 5.16. The Morgan fingerprint density at radius 1 is 1.50 bits per heavy atom. The zero-order valence-corrected chi connectivity index (χ0v) is 9.21. The van der Waals surface area contributed by atoms with Gasteiger partial charge in [0, 0.05) is 7.11 Å². The minimum Gasteiger partial charge on any atom is -0.386 e. The van der Waals surface area contributed by atoms with Crippen LogP contribution in [0.3, 0.4) is 0 Å². The maximum absolute atomic E-state index is 10.4. The van der Waals surface area contributed by atoms with Crippen LogP contribution in [0, 0.1) is 16.7 Å². The molecule has 1 N–H and O–H groups in total. The summed E-state index contributed by atoms with van der Waals surface area (Å²) in [4.78, 5) is 0. The molecule has 2 unspecified atom stereocenters. The van der Waals surface area contributed by atoms with E-state index < -0.39 is 11.0 Å². The standard InChI is InChI=1S/C11H19NO2/c1-9(14-3)10(2,13)11(8-12)6-4-5-7-11/h9,13H,4-7H2,1-3H3. The molecule has 1 saturated carbocycles. The molecule has 3 nitrogen and oxygen atoms in total. The number of hydrogen-bond acceptors (Lipinski definition) is 3. The minimum atomic E-state index is -1.05. The number of aliphatic hydroxyl groups is 1. The first kappa shape index (κ1) is 11.5. The Kier molecular flexibility index (Phi) is 3.18. The molecule has 0 radical (unpaired) electrons. The van der Waals surface area contributed by atoms with Gasteiger partial charge in [0.1, 0.15) is 5.60 Å². The van der Waals surface area contributed by atoms with E-state index in [1.807, 2.05) is 6.92 Å². The molecule has 0 bridgehead atoms. The second-order valence-electron chi connectivity index (χ2n) is 4.43. The molecule has 1 aliphatic rings. The third kappa shape index (κ3) is 1.53. The van der Waals surface area contributed by atoms with Crippen LogP contribution in [0.4, 0.5) is 0 Å². The van der Waals surface area contributed by atoms with E-state index in [1.165, 1.54) is 0 Å². The average molecular weight is 197 g/mol. The highest BCUT2D eigenvalue weighted by molar-refractivity contribution is 5.13. The number of hydrogen-bond donors (Lipinski definition) is 1. The van der Waals surface area contributed by atoms with E-state index in [1.54, 1.807) is 14.0 Å². The second-order valence-corrected chi connectivity index (χ2v) is 4.43. The number of methoxy groups -OCH3 is 1. The highest BCUT2D eigenvalue weighted by atomic mass is 16.5. The van der Waals surface area contributed by atoms with Gasteiger partial charge >= 0.3 is 0 Å². The lowest BCUT2D eigenvalue weighted by Gasteiger charge is -2.41. The first-order valence-electron chi connectivity index (χ1n) is 5.16. The summed E-state index contributed by atoms with van der Waals surface area (Å²) < 4.78 is 5.15. The largest absolute Gasteiger partial charge is 0.386 e. The van der Waals surface area contributed by atoms with Gasteiger partial charge < -0.3 is 9.84 Å². The van der Waals surface area contributed by atoms with Gasteiger partial charge in [0.05, 0.1) is 17.6 Å². The molecule has 14 heavy (non-hydrogen) atoms. The summed E-state index contributed by atoms with van der Waals surface area (Å²) in [6.45, 7) is 3.53. The molecule has 1 fully saturated rings. The van der Waals surface area contributed by atoms with Crippen LogP contribution in [0.5, 0.6) is 0 Å². The summed E-state index contributed by atoms with van der Waals surface area (Å²) in [7, 11) is 1.57. The number of ether oxygens (including phenoxy) is 1. The van der Waals surface area contributed by atoms with E-state index in [2.05, 4.69) is 6.07 Å². The van der Waals surface area contributed by atoms with Gasteiger partial charge in [-0.2, -0.15) is 5.26 Å². The molecule has 0 aliphatic heterocycles. The van der Waals surface area contributed by atoms with E-state index in [4.69, 9.17) is 4.74 Å². The summed E-state index contributed by atoms with van der Waals surface area (Å²) in [6, 6.07) is 2.30. The van der Waals surface area contributed by atoms with Crippen molar-refractivity contribution >= 4 is 0 Å². The molecule has 1 aliphatic carbocycles. The van der Waals surface area contributed by atoms with Crippen molar-refractivity contribution in [3.8, 4) is 6.07 Å². The monoisotopic (exact) mass is 197 g/mol. The zero-order valence-electron chi connectivity index (χ0n) is 9.21. The smallest absolute Gasteiger partial charge is 0.106 e. The van der Waals surface area contributed by atoms with Crippen molar-refractivity contribution in [2.24, 2.45) is 5.41 Å². The van der Waals surface area contributed by atoms with E-state index in [0.29, 0.717) is 0 Å². The molecular formula is C11H19NO2. The van der Waals surface area contributed by atoms with Crippen molar-refractivity contribution < 1.29 is 9.84 Å². The summed E-state index contributed by atoms with van der Waals surface area (Å²) in [5.41, 5.74) is -1.66. The van der Waals surface area contributed by atoms with E-state index in [9.17, 15) is 10.4 Å². The SMILES string of the molecule is COC(C)C(C)(O)C1(C#N)CCCC1. The van der Waals surface area contributed by atoms with Crippen molar-refractivity contribution in [3.05, 3.63) is 0 Å². The van der Waals surface area contributed by atoms with Crippen molar-refractivity contribution in [2.45, 2.75) is 51.2 Å². The summed E-state index contributed by atoms with van der Waals surface area (Å²) in [5.74, 6) is 0. The van der Waals surface area contributed by atoms with Gasteiger partial charge in [-0.3, -0.25) is 0 Å². The molecule has 80 valence electrons. The predicted octanol–water partition coefficient (Wildman–Crippen LogP) is 1.86. The molecule has 1 rings (SSSR count). The Labute approximate surface area is 85.7 Å². The van der Waals surface area contributed by atoms with Gasteiger partial charge in [-0.15, -0.1) is 0 Å². The Balaban J connectivity index is 2.93. The summed E-state index contributed by atoms with van der Waals surface area (Å²) in [5, 5.41) is 19.6. The lowest BCUT2D eigenvalue weighted by Crippen LogP contribution is -2.52. The number of nitrogens with zero attached hydrogens (tertiary/aromatic N) is 1. The molecule has 2 atom stereocenters. The molecular weight excluding hydrogens is 178 g/mol. The van der Waals surface area contributed by atoms with E-state index >= 15 is 0 Å². The topological polar surface area (TPSA) is 53.2 Å². The molecule has 0 spiro atoms. The molecule has 0 heterocycles. The van der Waals surface area contributed by atoms with E-state index in [-0.39, 0.29) is 6.10 Å². The number of rotatable bonds is 3. The van der Waals surface area contributed by atoms with Crippen LogP contribution in [0.1, 0.15) is 39.5 Å². The highest BCUT2D eigenvalue weighted by Gasteiger charge is 2.52. The van der Waals surface area contributed by atoms with Crippen LogP contribution in [0.15, 0.2) is 0 Å². The Morgan fingerprint density at radius 2 is 2.00 bits per heavy atom. The summed E-state index contributed by atoms with van der Waals surface area (Å²) >= 11 is 0. The molecule has 0 aromatic heterocycles. The quantitative estimate of drug-likeness (QED) is 0.751. The molecule has 0 aromatic carbocycles. The fourth-order valence-electron chi connectivity index (χ4n) is 2.33. The van der Waals surface area contributed by atoms with Crippen molar-refractivity contribution in [1.29, 1.82) is 5.26 Å². The van der Waals surface area contributed by atoms with Gasteiger partial charge in [-0.05, 0) is 26.7 Å². The maximum atomic E-state index is 10.4. The Bertz CT molecular complexity index is 236. The van der Waals surface area contributed by atoms with Gasteiger partial charge in [-0.25, -0.2) is 0 Å². The van der Waals surface area contributed by atoms with Crippen molar-refractivity contribution in [1.82, 2.24) is 0 Å². The van der Waals surface area contributed by atoms with Crippen LogP contribution in [0.25, 0.3) is 0 Å². The van der Waals surface area contributed by atoms with Crippen LogP contribution in [-0.4, -0.2) is 23.9 Å². The first-order chi connectivity index (χ1) is 6.50. The lowest BCUT2D eigenvalue weighted by atomic mass is 9.70. The average Bonchev–Trinajstić information content (AvgIpc) is 2.66. The fraction of sp³-hybridized carbons (Fsp3) is 0.909. The molecule has 3 heteroatoms. The third-order valence-electron chi connectivity index (χ3n) is 3.79. The zero-order chi connectivity index (χ0) is 10.8. The van der Waals surface area contributed by atoms with Crippen LogP contribution >= 0.6 is 0 Å². The van der Waals surface area contributed by atoms with Gasteiger partial charge in [-0.1, -0.05) is 12.8 Å². The predicted molar refractivity (Wildman–Crippen MR) is 53.6 cm³/mol. The molecule has 0 aromatic rings. The van der Waals surface area contributed by atoms with Crippen LogP contribution in [0.2, 0.25) is 0 Å². The van der Waals surface area contributed by atoms with Gasteiger partial charge in [0.15, 0.2) is 0 Å². The van der Waals surface area contributed by atoms with Crippen LogP contribution in [-0.2, 0) is 4.74 Å². The van der Waals surface area contributed by atoms with E-state index in [0.717, 1.165) is 25.7 Å². The minimum absolute atomic E-state index is 0.305. The highest BCUT2D eigenvalue weighted by Crippen LogP contribution is 2.47. The normalized spacial score (nSPS) is 26.5. The Morgan fingerprint density at radius 3 is 2.36 bits per heavy atom. The summed E-state index contributed by atoms with van der Waals surface area (Å²) in [6.07, 6.45) is 3.31. The second kappa shape index (κ2) is 3.88. The van der Waals surface area contributed by atoms with Crippen LogP contribution < -0.4 is 0 Å². The Hall–Kier alpha value is -0.590. The number of nitriles is 1. The van der Waals surface area contributed by atoms with Gasteiger partial charge in [0.2, 0.25) is 0 Å². The van der Waals surface area contributed by atoms with Crippen molar-refractivity contribution in [2.75, 3.05) is 7.11 Å². The van der Waals surface area contributed by atoms with Gasteiger partial charge in [0.25, 0.3) is 0 Å². The maximum Gasteiger partial charge on any atom is 0.106 e. The lowest BCUT2D eigenvalue weighted by molar-refractivity contribution is -0.131. The fourth-order valence-corrected chi connectivity index (χ4v) is 2.33. The van der Waals surface area contributed by atoms with Crippen molar-refractivity contribution in [3.63, 3.8) is 0 Å². The molecule has 0 saturated heterocycles. The third-order valence-corrected chi connectivity index (χ3v) is 3.79. The molecule has 0 amide bonds.